The van der Waals surface area contributed by atoms with Crippen molar-refractivity contribution in [1.82, 2.24) is 0 Å². The van der Waals surface area contributed by atoms with E-state index in [-0.39, 0.29) is 18.2 Å². The zero-order valence-corrected chi connectivity index (χ0v) is 13.2. The van der Waals surface area contributed by atoms with Gasteiger partial charge in [-0.3, -0.25) is 5.41 Å². The topological polar surface area (TPSA) is 56.4 Å². The van der Waals surface area contributed by atoms with Gasteiger partial charge in [0.25, 0.3) is 0 Å². The van der Waals surface area contributed by atoms with E-state index in [9.17, 15) is 0 Å². The first-order valence-corrected chi connectivity index (χ1v) is 7.23. The molecule has 1 saturated heterocycles. The van der Waals surface area contributed by atoms with Gasteiger partial charge in [-0.1, -0.05) is 18.2 Å². The highest BCUT2D eigenvalue weighted by Crippen LogP contribution is 2.20. The van der Waals surface area contributed by atoms with E-state index in [2.05, 4.69) is 52.3 Å². The molecule has 1 fully saturated rings. The van der Waals surface area contributed by atoms with Gasteiger partial charge in [0.1, 0.15) is 5.84 Å². The van der Waals surface area contributed by atoms with Gasteiger partial charge >= 0.3 is 0 Å². The third-order valence-corrected chi connectivity index (χ3v) is 3.94. The summed E-state index contributed by atoms with van der Waals surface area (Å²) in [6.45, 7) is 4.07. The van der Waals surface area contributed by atoms with Gasteiger partial charge < -0.3 is 15.5 Å². The first kappa shape index (κ1) is 16.2. The quantitative estimate of drug-likeness (QED) is 0.676. The number of benzene rings is 2. The fraction of sp³-hybridized carbons (Fsp3) is 0.235. The Bertz CT molecular complexity index is 604. The zero-order chi connectivity index (χ0) is 14.7. The molecule has 0 bridgehead atoms. The number of nitrogen functional groups attached to an aromatic ring is 1. The standard InChI is InChI=1S/C17H20N4.ClH/c18-17(19)14-6-8-16(9-7-14)21-12-10-20(11-13-21)15-4-2-1-3-5-15;/h1-9H,10-13H2,(H3,18,19);1H. The smallest absolute Gasteiger partial charge is 0.122 e. The molecule has 0 aliphatic carbocycles. The van der Waals surface area contributed by atoms with E-state index < -0.39 is 0 Å². The van der Waals surface area contributed by atoms with Gasteiger partial charge in [-0.15, -0.1) is 12.4 Å². The predicted molar refractivity (Wildman–Crippen MR) is 95.6 cm³/mol. The first-order valence-electron chi connectivity index (χ1n) is 7.23. The number of hydrogen-bond acceptors (Lipinski definition) is 3. The molecule has 2 aromatic rings. The van der Waals surface area contributed by atoms with Crippen molar-refractivity contribution in [2.45, 2.75) is 0 Å². The van der Waals surface area contributed by atoms with Crippen LogP contribution in [0.2, 0.25) is 0 Å². The van der Waals surface area contributed by atoms with Crippen molar-refractivity contribution < 1.29 is 0 Å². The van der Waals surface area contributed by atoms with E-state index in [0.29, 0.717) is 0 Å². The van der Waals surface area contributed by atoms with Crippen LogP contribution in [0.15, 0.2) is 54.6 Å². The number of nitrogens with zero attached hydrogens (tertiary/aromatic N) is 2. The molecular weight excluding hydrogens is 296 g/mol. The Kier molecular flexibility index (Phi) is 5.28. The van der Waals surface area contributed by atoms with Crippen LogP contribution in [0.5, 0.6) is 0 Å². The number of halogens is 1. The summed E-state index contributed by atoms with van der Waals surface area (Å²) >= 11 is 0. The molecule has 0 radical (unpaired) electrons. The minimum atomic E-state index is 0. The van der Waals surface area contributed by atoms with Gasteiger partial charge in [0.05, 0.1) is 0 Å². The summed E-state index contributed by atoms with van der Waals surface area (Å²) < 4.78 is 0. The monoisotopic (exact) mass is 316 g/mol. The van der Waals surface area contributed by atoms with Crippen LogP contribution >= 0.6 is 12.4 Å². The van der Waals surface area contributed by atoms with Gasteiger partial charge in [0, 0.05) is 43.1 Å². The van der Waals surface area contributed by atoms with E-state index >= 15 is 0 Å². The first-order chi connectivity index (χ1) is 10.2. The maximum absolute atomic E-state index is 7.43. The number of rotatable bonds is 3. The minimum absolute atomic E-state index is 0. The Morgan fingerprint density at radius 3 is 1.68 bits per heavy atom. The summed E-state index contributed by atoms with van der Waals surface area (Å²) in [5, 5.41) is 7.43. The molecule has 116 valence electrons. The molecule has 0 atom stereocenters. The summed E-state index contributed by atoms with van der Waals surface area (Å²) in [4.78, 5) is 4.80. The fourth-order valence-corrected chi connectivity index (χ4v) is 2.71. The number of piperazine rings is 1. The summed E-state index contributed by atoms with van der Waals surface area (Å²) in [6, 6.07) is 18.5. The molecule has 5 heteroatoms. The molecular formula is C17H21ClN4. The molecule has 0 amide bonds. The Morgan fingerprint density at radius 2 is 1.23 bits per heavy atom. The van der Waals surface area contributed by atoms with Crippen LogP contribution in [0.25, 0.3) is 0 Å². The number of anilines is 2. The molecule has 1 heterocycles. The molecule has 1 aliphatic rings. The van der Waals surface area contributed by atoms with Crippen molar-refractivity contribution in [2.24, 2.45) is 5.73 Å². The van der Waals surface area contributed by atoms with E-state index in [1.807, 2.05) is 12.1 Å². The third-order valence-electron chi connectivity index (χ3n) is 3.94. The SMILES string of the molecule is Cl.N=C(N)c1ccc(N2CCN(c3ccccc3)CC2)cc1. The van der Waals surface area contributed by atoms with E-state index in [1.165, 1.54) is 11.4 Å². The molecule has 1 aliphatic heterocycles. The van der Waals surface area contributed by atoms with Gasteiger partial charge in [-0.25, -0.2) is 0 Å². The number of nitrogens with one attached hydrogen (secondary N) is 1. The van der Waals surface area contributed by atoms with Gasteiger partial charge in [-0.2, -0.15) is 0 Å². The highest BCUT2D eigenvalue weighted by molar-refractivity contribution is 5.95. The Labute approximate surface area is 137 Å². The minimum Gasteiger partial charge on any atom is -0.384 e. The van der Waals surface area contributed by atoms with Crippen molar-refractivity contribution in [3.63, 3.8) is 0 Å². The van der Waals surface area contributed by atoms with Gasteiger partial charge in [0.15, 0.2) is 0 Å². The Balaban J connectivity index is 0.00000176. The van der Waals surface area contributed by atoms with Crippen molar-refractivity contribution in [1.29, 1.82) is 5.41 Å². The molecule has 2 aromatic carbocycles. The second-order valence-electron chi connectivity index (χ2n) is 5.27. The Hall–Kier alpha value is -2.20. The second kappa shape index (κ2) is 7.18. The molecule has 3 rings (SSSR count). The van der Waals surface area contributed by atoms with Crippen LogP contribution in [0.1, 0.15) is 5.56 Å². The normalized spacial score (nSPS) is 14.4. The average molecular weight is 317 g/mol. The van der Waals surface area contributed by atoms with Crippen LogP contribution in [-0.2, 0) is 0 Å². The lowest BCUT2D eigenvalue weighted by Gasteiger charge is -2.37. The van der Waals surface area contributed by atoms with Crippen molar-refractivity contribution >= 4 is 29.6 Å². The lowest BCUT2D eigenvalue weighted by Crippen LogP contribution is -2.46. The van der Waals surface area contributed by atoms with E-state index in [4.69, 9.17) is 11.1 Å². The van der Waals surface area contributed by atoms with Crippen LogP contribution < -0.4 is 15.5 Å². The van der Waals surface area contributed by atoms with Gasteiger partial charge in [-0.05, 0) is 36.4 Å². The number of amidine groups is 1. The van der Waals surface area contributed by atoms with E-state index in [1.54, 1.807) is 0 Å². The third kappa shape index (κ3) is 3.52. The van der Waals surface area contributed by atoms with Crippen LogP contribution in [-0.4, -0.2) is 32.0 Å². The zero-order valence-electron chi connectivity index (χ0n) is 12.4. The number of nitrogens with two attached hydrogens (primary N) is 1. The molecule has 22 heavy (non-hydrogen) atoms. The lowest BCUT2D eigenvalue weighted by atomic mass is 10.1. The average Bonchev–Trinajstić information content (AvgIpc) is 2.56. The Morgan fingerprint density at radius 1 is 0.773 bits per heavy atom. The summed E-state index contributed by atoms with van der Waals surface area (Å²) in [7, 11) is 0. The summed E-state index contributed by atoms with van der Waals surface area (Å²) in [5.74, 6) is 0.121. The summed E-state index contributed by atoms with van der Waals surface area (Å²) in [6.07, 6.45) is 0. The van der Waals surface area contributed by atoms with Crippen LogP contribution in [0.4, 0.5) is 11.4 Å². The lowest BCUT2D eigenvalue weighted by molar-refractivity contribution is 0.653. The molecule has 0 saturated carbocycles. The highest BCUT2D eigenvalue weighted by atomic mass is 35.5. The fourth-order valence-electron chi connectivity index (χ4n) is 2.71. The van der Waals surface area contributed by atoms with E-state index in [0.717, 1.165) is 31.7 Å². The van der Waals surface area contributed by atoms with Crippen molar-refractivity contribution in [2.75, 3.05) is 36.0 Å². The largest absolute Gasteiger partial charge is 0.384 e. The van der Waals surface area contributed by atoms with Crippen molar-refractivity contribution in [3.05, 3.63) is 60.2 Å². The highest BCUT2D eigenvalue weighted by Gasteiger charge is 2.17. The second-order valence-corrected chi connectivity index (χ2v) is 5.27. The summed E-state index contributed by atoms with van der Waals surface area (Å²) in [5.41, 5.74) is 8.76. The van der Waals surface area contributed by atoms with Gasteiger partial charge in [0.2, 0.25) is 0 Å². The molecule has 0 unspecified atom stereocenters. The van der Waals surface area contributed by atoms with Crippen molar-refractivity contribution in [3.8, 4) is 0 Å². The maximum Gasteiger partial charge on any atom is 0.122 e. The van der Waals surface area contributed by atoms with Crippen LogP contribution in [0.3, 0.4) is 0 Å². The molecule has 0 aromatic heterocycles. The maximum atomic E-state index is 7.43. The molecule has 0 spiro atoms. The molecule has 3 N–H and O–H groups in total. The number of hydrogen-bond donors (Lipinski definition) is 2. The molecule has 4 nitrogen and oxygen atoms in total. The number of para-hydroxylation sites is 1. The van der Waals surface area contributed by atoms with Crippen LogP contribution in [0, 0.1) is 5.41 Å². The predicted octanol–water partition coefficient (Wildman–Crippen LogP) is 2.72.